The molecule has 0 saturated carbocycles. The number of hydrogen-bond donors (Lipinski definition) is 3. The maximum absolute atomic E-state index is 13.9. The van der Waals surface area contributed by atoms with Gasteiger partial charge in [-0.1, -0.05) is 41.6 Å². The Morgan fingerprint density at radius 3 is 2.46 bits per heavy atom. The second-order valence-electron chi connectivity index (χ2n) is 9.12. The van der Waals surface area contributed by atoms with Crippen LogP contribution in [-0.4, -0.2) is 22.2 Å². The molecule has 1 aromatic heterocycles. The average molecular weight is 552 g/mol. The lowest BCUT2D eigenvalue weighted by atomic mass is 10.0. The van der Waals surface area contributed by atoms with Gasteiger partial charge in [0.05, 0.1) is 18.2 Å². The molecule has 0 spiro atoms. The quantitative estimate of drug-likeness (QED) is 0.378. The van der Waals surface area contributed by atoms with Crippen LogP contribution in [0.25, 0.3) is 0 Å². The van der Waals surface area contributed by atoms with Crippen molar-refractivity contribution in [2.45, 2.75) is 44.6 Å². The lowest BCUT2D eigenvalue weighted by molar-refractivity contribution is -0.142. The van der Waals surface area contributed by atoms with E-state index in [0.29, 0.717) is 5.56 Å². The van der Waals surface area contributed by atoms with Crippen molar-refractivity contribution < 1.29 is 31.1 Å². The number of hydrazine groups is 1. The Balaban J connectivity index is 1.41. The molecular weight excluding hydrogens is 530 g/mol. The highest BCUT2D eigenvalue weighted by molar-refractivity contribution is 6.01. The lowest BCUT2D eigenvalue weighted by Crippen LogP contribution is -2.31. The number of nitrogens with one attached hydrogen (secondary N) is 3. The van der Waals surface area contributed by atoms with Gasteiger partial charge in [0.1, 0.15) is 11.4 Å². The fraction of sp³-hybridized carbons (Fsp3) is 0.333. The van der Waals surface area contributed by atoms with Crippen molar-refractivity contribution in [3.63, 3.8) is 0 Å². The van der Waals surface area contributed by atoms with E-state index in [2.05, 4.69) is 31.7 Å². The van der Waals surface area contributed by atoms with Crippen LogP contribution in [0.5, 0.6) is 0 Å². The maximum Gasteiger partial charge on any atom is 0.436 e. The molecule has 0 saturated heterocycles. The summed E-state index contributed by atoms with van der Waals surface area (Å²) in [5.41, 5.74) is 4.09. The minimum atomic E-state index is -4.92. The molecule has 2 unspecified atom stereocenters. The summed E-state index contributed by atoms with van der Waals surface area (Å²) in [5.74, 6) is -1.09. The van der Waals surface area contributed by atoms with E-state index in [1.54, 1.807) is 31.2 Å². The minimum absolute atomic E-state index is 0.0447. The van der Waals surface area contributed by atoms with Crippen molar-refractivity contribution in [3.05, 3.63) is 82.0 Å². The summed E-state index contributed by atoms with van der Waals surface area (Å²) in [4.78, 5) is 14.7. The number of benzene rings is 2. The van der Waals surface area contributed by atoms with E-state index in [-0.39, 0.29) is 31.0 Å². The first-order chi connectivity index (χ1) is 18.4. The summed E-state index contributed by atoms with van der Waals surface area (Å²) in [7, 11) is 0. The second-order valence-corrected chi connectivity index (χ2v) is 9.12. The van der Waals surface area contributed by atoms with E-state index < -0.39 is 47.3 Å². The maximum atomic E-state index is 13.9. The summed E-state index contributed by atoms with van der Waals surface area (Å²) in [5, 5.41) is 13.8. The number of amides is 1. The third-order valence-electron chi connectivity index (χ3n) is 6.45. The van der Waals surface area contributed by atoms with Gasteiger partial charge < -0.3 is 10.2 Å². The normalized spacial score (nSPS) is 17.7. The van der Waals surface area contributed by atoms with E-state index in [1.165, 1.54) is 17.0 Å². The van der Waals surface area contributed by atoms with Gasteiger partial charge in [0.2, 0.25) is 0 Å². The molecule has 3 aromatic rings. The van der Waals surface area contributed by atoms with Crippen LogP contribution in [0.2, 0.25) is 0 Å². The fourth-order valence-corrected chi connectivity index (χ4v) is 4.55. The molecule has 15 heteroatoms. The highest BCUT2D eigenvalue weighted by Crippen LogP contribution is 2.39. The summed E-state index contributed by atoms with van der Waals surface area (Å²) < 4.78 is 82.4. The molecule has 0 bridgehead atoms. The lowest BCUT2D eigenvalue weighted by Gasteiger charge is -2.21. The van der Waals surface area contributed by atoms with E-state index >= 15 is 0 Å². The van der Waals surface area contributed by atoms with E-state index in [1.807, 2.05) is 0 Å². The molecule has 0 fully saturated rings. The zero-order chi connectivity index (χ0) is 27.9. The van der Waals surface area contributed by atoms with Gasteiger partial charge in [-0.05, 0) is 35.7 Å². The molecule has 5 rings (SSSR count). The number of anilines is 1. The first kappa shape index (κ1) is 26.5. The molecule has 9 nitrogen and oxygen atoms in total. The zero-order valence-electron chi connectivity index (χ0n) is 20.3. The standard InChI is InChI=1S/C24H22F6N8O/c1-13(15-5-7-16(8-6-15)20-32-35-36-33-20)31-21(39)18-19(24(28,29)30)34-38-10-9-37(22(18)38)12-14-3-2-4-17(11-14)23(25,26)27/h2-8,11,13,20H,9-10,12H2,1H3,(H,31,39)(H,32,36)(H,33,35). The number of rotatable bonds is 6. The van der Waals surface area contributed by atoms with Crippen molar-refractivity contribution in [3.8, 4) is 0 Å². The fourth-order valence-electron chi connectivity index (χ4n) is 4.55. The smallest absolute Gasteiger partial charge is 0.350 e. The highest BCUT2D eigenvalue weighted by Gasteiger charge is 2.44. The molecule has 0 radical (unpaired) electrons. The molecule has 0 aliphatic carbocycles. The summed E-state index contributed by atoms with van der Waals surface area (Å²) in [6.45, 7) is 1.71. The van der Waals surface area contributed by atoms with Crippen LogP contribution in [0, 0.1) is 0 Å². The predicted molar refractivity (Wildman–Crippen MR) is 126 cm³/mol. The van der Waals surface area contributed by atoms with Crippen LogP contribution in [0.15, 0.2) is 58.9 Å². The van der Waals surface area contributed by atoms with Crippen molar-refractivity contribution in [2.75, 3.05) is 11.4 Å². The third kappa shape index (κ3) is 5.39. The Kier molecular flexibility index (Phi) is 6.70. The first-order valence-corrected chi connectivity index (χ1v) is 11.8. The van der Waals surface area contributed by atoms with Crippen molar-refractivity contribution in [2.24, 2.45) is 10.3 Å². The van der Waals surface area contributed by atoms with Gasteiger partial charge in [0, 0.05) is 13.1 Å². The average Bonchev–Trinajstić information content (AvgIpc) is 3.62. The largest absolute Gasteiger partial charge is 0.436 e. The van der Waals surface area contributed by atoms with Crippen LogP contribution in [0.3, 0.4) is 0 Å². The number of alkyl halides is 6. The minimum Gasteiger partial charge on any atom is -0.350 e. The van der Waals surface area contributed by atoms with Gasteiger partial charge in [-0.3, -0.25) is 4.79 Å². The number of fused-ring (bicyclic) bond motifs is 1. The van der Waals surface area contributed by atoms with Gasteiger partial charge in [0.15, 0.2) is 11.9 Å². The first-order valence-electron chi connectivity index (χ1n) is 11.8. The SMILES string of the molecule is CC(NC(=O)c1c(C(F)(F)F)nn2c1N(Cc1cccc(C(F)(F)F)c1)CC2)c1ccc(C2N=NNN2)cc1. The Labute approximate surface area is 217 Å². The van der Waals surface area contributed by atoms with Gasteiger partial charge in [-0.15, -0.1) is 5.11 Å². The van der Waals surface area contributed by atoms with Gasteiger partial charge >= 0.3 is 12.4 Å². The molecular formula is C24H22F6N8O. The van der Waals surface area contributed by atoms with E-state index in [0.717, 1.165) is 22.4 Å². The molecule has 2 atom stereocenters. The van der Waals surface area contributed by atoms with Crippen molar-refractivity contribution in [1.29, 1.82) is 0 Å². The number of hydrogen-bond acceptors (Lipinski definition) is 7. The second kappa shape index (κ2) is 9.87. The number of halogens is 6. The third-order valence-corrected chi connectivity index (χ3v) is 6.45. The number of carbonyl (C=O) groups is 1. The molecule has 2 aliphatic rings. The molecule has 2 aromatic carbocycles. The van der Waals surface area contributed by atoms with E-state index in [9.17, 15) is 31.1 Å². The highest BCUT2D eigenvalue weighted by atomic mass is 19.4. The van der Waals surface area contributed by atoms with Crippen LogP contribution in [0.1, 0.15) is 57.4 Å². The van der Waals surface area contributed by atoms with Crippen LogP contribution >= 0.6 is 0 Å². The molecule has 3 N–H and O–H groups in total. The predicted octanol–water partition coefficient (Wildman–Crippen LogP) is 4.91. The molecule has 2 aliphatic heterocycles. The van der Waals surface area contributed by atoms with Crippen molar-refractivity contribution >= 4 is 11.7 Å². The van der Waals surface area contributed by atoms with Gasteiger partial charge in [0.25, 0.3) is 5.91 Å². The Morgan fingerprint density at radius 2 is 1.82 bits per heavy atom. The number of nitrogens with zero attached hydrogens (tertiary/aromatic N) is 5. The zero-order valence-corrected chi connectivity index (χ0v) is 20.3. The molecule has 3 heterocycles. The topological polar surface area (TPSA) is 98.9 Å². The van der Waals surface area contributed by atoms with Crippen LogP contribution < -0.4 is 21.2 Å². The van der Waals surface area contributed by atoms with Crippen LogP contribution in [0.4, 0.5) is 32.2 Å². The van der Waals surface area contributed by atoms with Crippen LogP contribution in [-0.2, 0) is 25.4 Å². The molecule has 206 valence electrons. The van der Waals surface area contributed by atoms with Gasteiger partial charge in [-0.2, -0.15) is 36.9 Å². The number of aromatic nitrogens is 2. The van der Waals surface area contributed by atoms with E-state index in [4.69, 9.17) is 0 Å². The molecule has 1 amide bonds. The van der Waals surface area contributed by atoms with Crippen molar-refractivity contribution in [1.82, 2.24) is 26.1 Å². The van der Waals surface area contributed by atoms with Gasteiger partial charge in [-0.25, -0.2) is 10.2 Å². The monoisotopic (exact) mass is 552 g/mol. The summed E-state index contributed by atoms with van der Waals surface area (Å²) in [6.07, 6.45) is -9.88. The Bertz CT molecular complexity index is 1400. The summed E-state index contributed by atoms with van der Waals surface area (Å²) in [6, 6.07) is 10.8. The Hall–Kier alpha value is -4.14. The summed E-state index contributed by atoms with van der Waals surface area (Å²) >= 11 is 0. The Morgan fingerprint density at radius 1 is 1.08 bits per heavy atom. The molecule has 39 heavy (non-hydrogen) atoms. The number of carbonyl (C=O) groups excluding carboxylic acids is 1.